The van der Waals surface area contributed by atoms with Gasteiger partial charge >= 0.3 is 0 Å². The lowest BCUT2D eigenvalue weighted by molar-refractivity contribution is 0.219. The number of rotatable bonds is 6. The van der Waals surface area contributed by atoms with Gasteiger partial charge in [0.05, 0.1) is 0 Å². The second-order valence-electron chi connectivity index (χ2n) is 8.19. The standard InChI is InChI=1S/C18H36N2/c1-5-11-19-17-8-6-7-15(17)9-12-20-13-10-16(14-20)18(2,3)4/h15-17,19H,5-14H2,1-4H3. The summed E-state index contributed by atoms with van der Waals surface area (Å²) in [6, 6.07) is 0.816. The van der Waals surface area contributed by atoms with Crippen molar-refractivity contribution in [1.29, 1.82) is 0 Å². The van der Waals surface area contributed by atoms with Gasteiger partial charge in [-0.1, -0.05) is 34.1 Å². The van der Waals surface area contributed by atoms with Gasteiger partial charge in [0, 0.05) is 12.6 Å². The van der Waals surface area contributed by atoms with Crippen LogP contribution in [0.3, 0.4) is 0 Å². The van der Waals surface area contributed by atoms with Gasteiger partial charge < -0.3 is 10.2 Å². The average molecular weight is 280 g/mol. The summed E-state index contributed by atoms with van der Waals surface area (Å²) in [7, 11) is 0. The first-order chi connectivity index (χ1) is 9.50. The van der Waals surface area contributed by atoms with E-state index in [1.165, 1.54) is 64.7 Å². The van der Waals surface area contributed by atoms with E-state index in [4.69, 9.17) is 0 Å². The molecule has 3 atom stereocenters. The summed E-state index contributed by atoms with van der Waals surface area (Å²) in [5.41, 5.74) is 0.493. The summed E-state index contributed by atoms with van der Waals surface area (Å²) in [5, 5.41) is 3.77. The molecule has 2 fully saturated rings. The van der Waals surface area contributed by atoms with Gasteiger partial charge in [-0.15, -0.1) is 0 Å². The molecule has 0 radical (unpaired) electrons. The van der Waals surface area contributed by atoms with E-state index in [2.05, 4.69) is 37.9 Å². The maximum Gasteiger partial charge on any atom is 0.00958 e. The van der Waals surface area contributed by atoms with Gasteiger partial charge in [0.1, 0.15) is 0 Å². The molecule has 2 nitrogen and oxygen atoms in total. The van der Waals surface area contributed by atoms with E-state index in [0.29, 0.717) is 5.41 Å². The Labute approximate surface area is 126 Å². The van der Waals surface area contributed by atoms with Crippen LogP contribution in [0.4, 0.5) is 0 Å². The minimum absolute atomic E-state index is 0.493. The third-order valence-electron chi connectivity index (χ3n) is 5.63. The van der Waals surface area contributed by atoms with Crippen LogP contribution in [0.2, 0.25) is 0 Å². The minimum atomic E-state index is 0.493. The SMILES string of the molecule is CCCNC1CCCC1CCN1CCC(C(C)(C)C)C1. The fourth-order valence-electron chi connectivity index (χ4n) is 4.07. The van der Waals surface area contributed by atoms with Crippen molar-refractivity contribution in [3.63, 3.8) is 0 Å². The molecule has 1 aliphatic heterocycles. The van der Waals surface area contributed by atoms with Gasteiger partial charge in [0.15, 0.2) is 0 Å². The Morgan fingerprint density at radius 3 is 2.60 bits per heavy atom. The first kappa shape index (κ1) is 16.3. The van der Waals surface area contributed by atoms with Gasteiger partial charge in [-0.05, 0) is 69.0 Å². The van der Waals surface area contributed by atoms with Crippen molar-refractivity contribution >= 4 is 0 Å². The molecule has 20 heavy (non-hydrogen) atoms. The molecule has 0 aromatic carbocycles. The zero-order valence-corrected chi connectivity index (χ0v) is 14.3. The summed E-state index contributed by atoms with van der Waals surface area (Å²) in [4.78, 5) is 2.73. The second-order valence-corrected chi connectivity index (χ2v) is 8.19. The maximum absolute atomic E-state index is 3.77. The number of nitrogens with zero attached hydrogens (tertiary/aromatic N) is 1. The third-order valence-corrected chi connectivity index (χ3v) is 5.63. The average Bonchev–Trinajstić information content (AvgIpc) is 3.02. The molecule has 1 saturated carbocycles. The van der Waals surface area contributed by atoms with Crippen LogP contribution in [0.1, 0.15) is 66.2 Å². The predicted molar refractivity (Wildman–Crippen MR) is 88.0 cm³/mol. The Kier molecular flexibility index (Phi) is 5.92. The smallest absolute Gasteiger partial charge is 0.00958 e. The molecule has 0 spiro atoms. The first-order valence-corrected chi connectivity index (χ1v) is 8.96. The highest BCUT2D eigenvalue weighted by Gasteiger charge is 2.32. The maximum atomic E-state index is 3.77. The van der Waals surface area contributed by atoms with Gasteiger partial charge in [-0.25, -0.2) is 0 Å². The Morgan fingerprint density at radius 1 is 1.15 bits per heavy atom. The fraction of sp³-hybridized carbons (Fsp3) is 1.00. The van der Waals surface area contributed by atoms with Crippen molar-refractivity contribution in [3.8, 4) is 0 Å². The molecule has 0 amide bonds. The number of hydrogen-bond acceptors (Lipinski definition) is 2. The van der Waals surface area contributed by atoms with E-state index < -0.39 is 0 Å². The molecular formula is C18H36N2. The molecule has 0 aromatic heterocycles. The molecule has 1 saturated heterocycles. The van der Waals surface area contributed by atoms with Crippen molar-refractivity contribution in [1.82, 2.24) is 10.2 Å². The van der Waals surface area contributed by atoms with Crippen molar-refractivity contribution in [2.45, 2.75) is 72.3 Å². The van der Waals surface area contributed by atoms with Crippen LogP contribution in [0.15, 0.2) is 0 Å². The molecule has 1 aliphatic carbocycles. The quantitative estimate of drug-likeness (QED) is 0.793. The van der Waals surface area contributed by atoms with Gasteiger partial charge in [-0.2, -0.15) is 0 Å². The van der Waals surface area contributed by atoms with Crippen LogP contribution in [-0.2, 0) is 0 Å². The lowest BCUT2D eigenvalue weighted by Gasteiger charge is -2.28. The predicted octanol–water partition coefficient (Wildman–Crippen LogP) is 3.91. The monoisotopic (exact) mass is 280 g/mol. The largest absolute Gasteiger partial charge is 0.314 e. The molecular weight excluding hydrogens is 244 g/mol. The summed E-state index contributed by atoms with van der Waals surface area (Å²) >= 11 is 0. The highest BCUT2D eigenvalue weighted by atomic mass is 15.1. The summed E-state index contributed by atoms with van der Waals surface area (Å²) in [5.74, 6) is 1.84. The van der Waals surface area contributed by atoms with Crippen LogP contribution in [0.25, 0.3) is 0 Å². The molecule has 3 unspecified atom stereocenters. The molecule has 2 aliphatic rings. The molecule has 0 bridgehead atoms. The van der Waals surface area contributed by atoms with Crippen LogP contribution in [0.5, 0.6) is 0 Å². The van der Waals surface area contributed by atoms with E-state index in [1.54, 1.807) is 0 Å². The molecule has 118 valence electrons. The topological polar surface area (TPSA) is 15.3 Å². The summed E-state index contributed by atoms with van der Waals surface area (Å²) in [6.45, 7) is 14.7. The Bertz CT molecular complexity index is 282. The van der Waals surface area contributed by atoms with Gasteiger partial charge in [0.25, 0.3) is 0 Å². The molecule has 0 aromatic rings. The molecule has 1 heterocycles. The van der Waals surface area contributed by atoms with E-state index in [-0.39, 0.29) is 0 Å². The highest BCUT2D eigenvalue weighted by Crippen LogP contribution is 2.34. The molecule has 2 heteroatoms. The van der Waals surface area contributed by atoms with Gasteiger partial charge in [0.2, 0.25) is 0 Å². The fourth-order valence-corrected chi connectivity index (χ4v) is 4.07. The Hall–Kier alpha value is -0.0800. The van der Waals surface area contributed by atoms with E-state index in [0.717, 1.165) is 17.9 Å². The zero-order valence-electron chi connectivity index (χ0n) is 14.3. The highest BCUT2D eigenvalue weighted by molar-refractivity contribution is 4.87. The van der Waals surface area contributed by atoms with Crippen molar-refractivity contribution in [2.75, 3.05) is 26.2 Å². The van der Waals surface area contributed by atoms with Crippen LogP contribution in [0, 0.1) is 17.3 Å². The van der Waals surface area contributed by atoms with Crippen LogP contribution < -0.4 is 5.32 Å². The third kappa shape index (κ3) is 4.46. The molecule has 2 rings (SSSR count). The normalized spacial score (nSPS) is 32.1. The Balaban J connectivity index is 1.70. The summed E-state index contributed by atoms with van der Waals surface area (Å²) < 4.78 is 0. The lowest BCUT2D eigenvalue weighted by atomic mass is 9.80. The number of hydrogen-bond donors (Lipinski definition) is 1. The second kappa shape index (κ2) is 7.26. The minimum Gasteiger partial charge on any atom is -0.314 e. The number of likely N-dealkylation sites (tertiary alicyclic amines) is 1. The lowest BCUT2D eigenvalue weighted by Crippen LogP contribution is -2.35. The van der Waals surface area contributed by atoms with Gasteiger partial charge in [-0.3, -0.25) is 0 Å². The summed E-state index contributed by atoms with van der Waals surface area (Å²) in [6.07, 6.45) is 8.40. The van der Waals surface area contributed by atoms with E-state index in [9.17, 15) is 0 Å². The van der Waals surface area contributed by atoms with Crippen molar-refractivity contribution in [2.24, 2.45) is 17.3 Å². The number of nitrogens with one attached hydrogen (secondary N) is 1. The zero-order chi connectivity index (χ0) is 14.6. The van der Waals surface area contributed by atoms with Crippen molar-refractivity contribution < 1.29 is 0 Å². The Morgan fingerprint density at radius 2 is 1.95 bits per heavy atom. The van der Waals surface area contributed by atoms with E-state index in [1.807, 2.05) is 0 Å². The van der Waals surface area contributed by atoms with Crippen LogP contribution >= 0.6 is 0 Å². The first-order valence-electron chi connectivity index (χ1n) is 8.96. The van der Waals surface area contributed by atoms with Crippen molar-refractivity contribution in [3.05, 3.63) is 0 Å². The molecule has 1 N–H and O–H groups in total. The van der Waals surface area contributed by atoms with E-state index >= 15 is 0 Å². The van der Waals surface area contributed by atoms with Crippen LogP contribution in [-0.4, -0.2) is 37.1 Å².